The Hall–Kier alpha value is -1.14. The number of hydrogen-bond donors (Lipinski definition) is 2. The van der Waals surface area contributed by atoms with Gasteiger partial charge in [0.15, 0.2) is 0 Å². The predicted octanol–water partition coefficient (Wildman–Crippen LogP) is 2.66. The first-order valence-electron chi connectivity index (χ1n) is 6.76. The van der Waals surface area contributed by atoms with E-state index in [0.717, 1.165) is 37.8 Å². The van der Waals surface area contributed by atoms with Crippen molar-refractivity contribution >= 4 is 15.7 Å². The second kappa shape index (κ2) is 5.33. The highest BCUT2D eigenvalue weighted by molar-refractivity contribution is 7.89. The Bertz CT molecular complexity index is 569. The summed E-state index contributed by atoms with van der Waals surface area (Å²) in [5.41, 5.74) is 5.87. The van der Waals surface area contributed by atoms with Crippen LogP contribution in [0.4, 0.5) is 10.1 Å². The molecular formula is C14H21FN2O2S. The van der Waals surface area contributed by atoms with Gasteiger partial charge in [0.2, 0.25) is 10.0 Å². The maximum Gasteiger partial charge on any atom is 0.240 e. The van der Waals surface area contributed by atoms with E-state index in [1.54, 1.807) is 0 Å². The predicted molar refractivity (Wildman–Crippen MR) is 77.2 cm³/mol. The summed E-state index contributed by atoms with van der Waals surface area (Å²) in [6, 6.07) is 3.28. The number of halogens is 1. The van der Waals surface area contributed by atoms with Crippen molar-refractivity contribution in [3.8, 4) is 0 Å². The number of nitrogen functional groups attached to an aromatic ring is 1. The number of nitrogens with two attached hydrogens (primary N) is 1. The van der Waals surface area contributed by atoms with E-state index in [9.17, 15) is 12.8 Å². The molecule has 0 unspecified atom stereocenters. The van der Waals surface area contributed by atoms with Crippen LogP contribution in [0.3, 0.4) is 0 Å². The summed E-state index contributed by atoms with van der Waals surface area (Å²) < 4.78 is 40.4. The Kier molecular flexibility index (Phi) is 4.07. The SMILES string of the molecule is CC1(C)CCC(NS(=O)(=O)c2cc(N)cc(F)c2)CC1. The number of nitrogens with one attached hydrogen (secondary N) is 1. The lowest BCUT2D eigenvalue weighted by atomic mass is 9.76. The van der Waals surface area contributed by atoms with E-state index in [4.69, 9.17) is 5.73 Å². The van der Waals surface area contributed by atoms with Gasteiger partial charge in [-0.1, -0.05) is 13.8 Å². The van der Waals surface area contributed by atoms with Crippen LogP contribution in [0.5, 0.6) is 0 Å². The minimum Gasteiger partial charge on any atom is -0.399 e. The molecular weight excluding hydrogens is 279 g/mol. The molecule has 1 saturated carbocycles. The van der Waals surface area contributed by atoms with Gasteiger partial charge < -0.3 is 5.73 Å². The minimum absolute atomic E-state index is 0.0856. The maximum atomic E-state index is 13.3. The molecule has 1 aliphatic carbocycles. The molecule has 0 heterocycles. The van der Waals surface area contributed by atoms with Crippen LogP contribution in [0.1, 0.15) is 39.5 Å². The summed E-state index contributed by atoms with van der Waals surface area (Å²) in [6.45, 7) is 4.37. The summed E-state index contributed by atoms with van der Waals surface area (Å²) in [5, 5.41) is 0. The molecule has 0 aromatic heterocycles. The van der Waals surface area contributed by atoms with Crippen molar-refractivity contribution in [1.29, 1.82) is 0 Å². The molecule has 1 aromatic carbocycles. The smallest absolute Gasteiger partial charge is 0.240 e. The first kappa shape index (κ1) is 15.3. The van der Waals surface area contributed by atoms with E-state index in [0.29, 0.717) is 0 Å². The number of rotatable bonds is 3. The molecule has 1 fully saturated rings. The van der Waals surface area contributed by atoms with Gasteiger partial charge in [-0.05, 0) is 49.3 Å². The van der Waals surface area contributed by atoms with Gasteiger partial charge in [-0.15, -0.1) is 0 Å². The Morgan fingerprint density at radius 1 is 1.25 bits per heavy atom. The standard InChI is InChI=1S/C14H21FN2O2S/c1-14(2)5-3-12(4-6-14)17-20(18,19)13-8-10(15)7-11(16)9-13/h7-9,12,17H,3-6,16H2,1-2H3. The molecule has 4 nitrogen and oxygen atoms in total. The molecule has 0 spiro atoms. The van der Waals surface area contributed by atoms with Crippen LogP contribution in [0.2, 0.25) is 0 Å². The first-order valence-corrected chi connectivity index (χ1v) is 8.25. The maximum absolute atomic E-state index is 13.3. The lowest BCUT2D eigenvalue weighted by Gasteiger charge is -2.34. The Morgan fingerprint density at radius 2 is 1.85 bits per heavy atom. The molecule has 3 N–H and O–H groups in total. The molecule has 0 aliphatic heterocycles. The average molecular weight is 300 g/mol. The van der Waals surface area contributed by atoms with Crippen LogP contribution in [-0.4, -0.2) is 14.5 Å². The van der Waals surface area contributed by atoms with Crippen LogP contribution >= 0.6 is 0 Å². The Labute approximate surface area is 119 Å². The van der Waals surface area contributed by atoms with Crippen molar-refractivity contribution in [3.05, 3.63) is 24.0 Å². The lowest BCUT2D eigenvalue weighted by molar-refractivity contribution is 0.218. The van der Waals surface area contributed by atoms with E-state index in [2.05, 4.69) is 18.6 Å². The summed E-state index contributed by atoms with van der Waals surface area (Å²) in [7, 11) is -3.71. The van der Waals surface area contributed by atoms with E-state index in [1.165, 1.54) is 6.07 Å². The second-order valence-electron chi connectivity index (χ2n) is 6.28. The van der Waals surface area contributed by atoms with Crippen molar-refractivity contribution in [1.82, 2.24) is 4.72 Å². The van der Waals surface area contributed by atoms with Crippen LogP contribution in [-0.2, 0) is 10.0 Å². The molecule has 1 aliphatic rings. The third-order valence-corrected chi connectivity index (χ3v) is 5.36. The van der Waals surface area contributed by atoms with Crippen molar-refractivity contribution in [2.24, 2.45) is 5.41 Å². The van der Waals surface area contributed by atoms with E-state index < -0.39 is 15.8 Å². The highest BCUT2D eigenvalue weighted by Gasteiger charge is 2.29. The van der Waals surface area contributed by atoms with Gasteiger partial charge in [-0.3, -0.25) is 0 Å². The summed E-state index contributed by atoms with van der Waals surface area (Å²) in [5.74, 6) is -0.643. The second-order valence-corrected chi connectivity index (χ2v) is 7.99. The van der Waals surface area contributed by atoms with Gasteiger partial charge in [0.25, 0.3) is 0 Å². The van der Waals surface area contributed by atoms with Gasteiger partial charge in [-0.25, -0.2) is 17.5 Å². The third-order valence-electron chi connectivity index (χ3n) is 3.86. The van der Waals surface area contributed by atoms with Gasteiger partial charge >= 0.3 is 0 Å². The normalized spacial score (nSPS) is 19.9. The average Bonchev–Trinajstić information content (AvgIpc) is 2.30. The number of anilines is 1. The van der Waals surface area contributed by atoms with Crippen molar-refractivity contribution in [2.75, 3.05) is 5.73 Å². The summed E-state index contributed by atoms with van der Waals surface area (Å²) in [6.07, 6.45) is 3.56. The molecule has 1 aromatic rings. The summed E-state index contributed by atoms with van der Waals surface area (Å²) >= 11 is 0. The zero-order valence-corrected chi connectivity index (χ0v) is 12.6. The van der Waals surface area contributed by atoms with Crippen molar-refractivity contribution in [2.45, 2.75) is 50.5 Å². The molecule has 20 heavy (non-hydrogen) atoms. The lowest BCUT2D eigenvalue weighted by Crippen LogP contribution is -2.39. The van der Waals surface area contributed by atoms with Crippen LogP contribution in [0.25, 0.3) is 0 Å². The topological polar surface area (TPSA) is 72.2 Å². The zero-order valence-electron chi connectivity index (χ0n) is 11.8. The molecule has 0 saturated heterocycles. The van der Waals surface area contributed by atoms with E-state index in [1.807, 2.05) is 0 Å². The van der Waals surface area contributed by atoms with Gasteiger partial charge in [0.1, 0.15) is 5.82 Å². The molecule has 6 heteroatoms. The molecule has 0 radical (unpaired) electrons. The zero-order chi connectivity index (χ0) is 15.0. The van der Waals surface area contributed by atoms with Crippen LogP contribution in [0, 0.1) is 11.2 Å². The molecule has 0 bridgehead atoms. The molecule has 2 rings (SSSR count). The fourth-order valence-corrected chi connectivity index (χ4v) is 3.91. The molecule has 112 valence electrons. The molecule has 0 amide bonds. The van der Waals surface area contributed by atoms with Crippen molar-refractivity contribution in [3.63, 3.8) is 0 Å². The van der Waals surface area contributed by atoms with Gasteiger partial charge in [-0.2, -0.15) is 0 Å². The van der Waals surface area contributed by atoms with Crippen molar-refractivity contribution < 1.29 is 12.8 Å². The first-order chi connectivity index (χ1) is 9.18. The van der Waals surface area contributed by atoms with E-state index >= 15 is 0 Å². The Morgan fingerprint density at radius 3 is 2.40 bits per heavy atom. The minimum atomic E-state index is -3.71. The molecule has 0 atom stereocenters. The highest BCUT2D eigenvalue weighted by Crippen LogP contribution is 2.35. The number of sulfonamides is 1. The fraction of sp³-hybridized carbons (Fsp3) is 0.571. The highest BCUT2D eigenvalue weighted by atomic mass is 32.2. The fourth-order valence-electron chi connectivity index (χ4n) is 2.54. The largest absolute Gasteiger partial charge is 0.399 e. The number of hydrogen-bond acceptors (Lipinski definition) is 3. The summed E-state index contributed by atoms with van der Waals surface area (Å²) in [4.78, 5) is -0.111. The quantitative estimate of drug-likeness (QED) is 0.843. The van der Waals surface area contributed by atoms with Gasteiger partial charge in [0, 0.05) is 11.7 Å². The number of benzene rings is 1. The Balaban J connectivity index is 2.12. The monoisotopic (exact) mass is 300 g/mol. The van der Waals surface area contributed by atoms with Crippen LogP contribution in [0.15, 0.2) is 23.1 Å². The third kappa shape index (κ3) is 3.70. The van der Waals surface area contributed by atoms with Crippen LogP contribution < -0.4 is 10.5 Å². The van der Waals surface area contributed by atoms with E-state index in [-0.39, 0.29) is 22.0 Å². The van der Waals surface area contributed by atoms with Gasteiger partial charge in [0.05, 0.1) is 4.90 Å².